The van der Waals surface area contributed by atoms with Gasteiger partial charge in [-0.15, -0.1) is 11.3 Å². The van der Waals surface area contributed by atoms with Gasteiger partial charge in [-0.25, -0.2) is 28.1 Å². The maximum atomic E-state index is 12.7. The third kappa shape index (κ3) is 6.42. The number of anilines is 2. The second-order valence-electron chi connectivity index (χ2n) is 8.81. The first kappa shape index (κ1) is 27.4. The fourth-order valence-electron chi connectivity index (χ4n) is 3.76. The van der Waals surface area contributed by atoms with E-state index in [0.717, 1.165) is 32.8 Å². The summed E-state index contributed by atoms with van der Waals surface area (Å²) in [7, 11) is 1.52. The molecule has 0 fully saturated rings. The van der Waals surface area contributed by atoms with E-state index in [1.54, 1.807) is 11.3 Å². The third-order valence-electron chi connectivity index (χ3n) is 5.76. The molecule has 4 rings (SSSR count). The zero-order valence-electron chi connectivity index (χ0n) is 21.4. The van der Waals surface area contributed by atoms with Gasteiger partial charge in [0.15, 0.2) is 0 Å². The van der Waals surface area contributed by atoms with Crippen LogP contribution in [-0.2, 0) is 16.6 Å². The van der Waals surface area contributed by atoms with Crippen molar-refractivity contribution in [1.82, 2.24) is 29.9 Å². The summed E-state index contributed by atoms with van der Waals surface area (Å²) < 4.78 is 28.0. The van der Waals surface area contributed by atoms with Gasteiger partial charge in [-0.3, -0.25) is 4.79 Å². The number of rotatable bonds is 11. The van der Waals surface area contributed by atoms with Gasteiger partial charge in [-0.1, -0.05) is 6.07 Å². The standard InChI is InChI=1S/C25H30N8O3S2/c1-27-25(34)20-12-18(38(35,36)32-9-4-10-33(2)3)14-29-24(20)28-13-17-6-8-22(37-17)16-5-7-21-19(11-16)23(26)31-15-30-21/h5-8,11-12,14-15,32H,4,9-10,13H2,1-3H3,(H,27,34)(H,28,29)(H2,26,30,31). The number of thiophene rings is 1. The van der Waals surface area contributed by atoms with Crippen LogP contribution in [0.15, 0.2) is 53.8 Å². The number of carbonyl (C=O) groups excluding carboxylic acids is 1. The zero-order chi connectivity index (χ0) is 27.3. The lowest BCUT2D eigenvalue weighted by molar-refractivity contribution is 0.0963. The van der Waals surface area contributed by atoms with Crippen LogP contribution in [-0.4, -0.2) is 68.4 Å². The summed E-state index contributed by atoms with van der Waals surface area (Å²) in [4.78, 5) is 29.1. The number of nitrogens with zero attached hydrogens (tertiary/aromatic N) is 4. The van der Waals surface area contributed by atoms with E-state index in [1.807, 2.05) is 49.3 Å². The van der Waals surface area contributed by atoms with E-state index < -0.39 is 15.9 Å². The second kappa shape index (κ2) is 11.8. The van der Waals surface area contributed by atoms with Gasteiger partial charge in [0.05, 0.1) is 17.6 Å². The highest BCUT2D eigenvalue weighted by atomic mass is 32.2. The lowest BCUT2D eigenvalue weighted by Gasteiger charge is -2.13. The van der Waals surface area contributed by atoms with Crippen molar-refractivity contribution < 1.29 is 13.2 Å². The van der Waals surface area contributed by atoms with E-state index in [1.165, 1.54) is 25.6 Å². The molecule has 0 aliphatic carbocycles. The van der Waals surface area contributed by atoms with Crippen molar-refractivity contribution in [3.05, 3.63) is 59.4 Å². The summed E-state index contributed by atoms with van der Waals surface area (Å²) in [5, 5.41) is 6.51. The Labute approximate surface area is 225 Å². The number of hydrogen-bond acceptors (Lipinski definition) is 10. The summed E-state index contributed by atoms with van der Waals surface area (Å²) in [6.45, 7) is 1.43. The zero-order valence-corrected chi connectivity index (χ0v) is 23.0. The molecule has 11 nitrogen and oxygen atoms in total. The highest BCUT2D eigenvalue weighted by Crippen LogP contribution is 2.31. The van der Waals surface area contributed by atoms with Gasteiger partial charge in [0, 0.05) is 34.9 Å². The Morgan fingerprint density at radius 1 is 1.11 bits per heavy atom. The molecule has 0 unspecified atom stereocenters. The molecule has 0 bridgehead atoms. The van der Waals surface area contributed by atoms with Gasteiger partial charge in [-0.2, -0.15) is 0 Å². The number of carbonyl (C=O) groups is 1. The number of amides is 1. The van der Waals surface area contributed by atoms with Crippen LogP contribution in [0.1, 0.15) is 21.7 Å². The smallest absolute Gasteiger partial charge is 0.254 e. The maximum absolute atomic E-state index is 12.7. The van der Waals surface area contributed by atoms with E-state index in [9.17, 15) is 13.2 Å². The molecular weight excluding hydrogens is 524 g/mol. The van der Waals surface area contributed by atoms with Crippen LogP contribution >= 0.6 is 11.3 Å². The van der Waals surface area contributed by atoms with Crippen molar-refractivity contribution in [3.8, 4) is 10.4 Å². The summed E-state index contributed by atoms with van der Waals surface area (Å²) in [6, 6.07) is 11.2. The highest BCUT2D eigenvalue weighted by molar-refractivity contribution is 7.89. The molecule has 0 saturated carbocycles. The van der Waals surface area contributed by atoms with Crippen molar-refractivity contribution in [2.45, 2.75) is 17.9 Å². The number of sulfonamides is 1. The van der Waals surface area contributed by atoms with Crippen molar-refractivity contribution in [1.29, 1.82) is 0 Å². The fourth-order valence-corrected chi connectivity index (χ4v) is 5.74. The van der Waals surface area contributed by atoms with Gasteiger partial charge < -0.3 is 21.3 Å². The van der Waals surface area contributed by atoms with Crippen molar-refractivity contribution in [2.75, 3.05) is 45.3 Å². The second-order valence-corrected chi connectivity index (χ2v) is 11.7. The van der Waals surface area contributed by atoms with Gasteiger partial charge in [0.1, 0.15) is 22.9 Å². The normalized spacial score (nSPS) is 11.7. The van der Waals surface area contributed by atoms with E-state index in [0.29, 0.717) is 24.6 Å². The van der Waals surface area contributed by atoms with Crippen LogP contribution in [0.4, 0.5) is 11.6 Å². The molecule has 0 spiro atoms. The first-order valence-corrected chi connectivity index (χ1v) is 14.2. The molecular formula is C25H30N8O3S2. The Balaban J connectivity index is 1.49. The van der Waals surface area contributed by atoms with Crippen LogP contribution in [0.3, 0.4) is 0 Å². The number of nitrogen functional groups attached to an aromatic ring is 1. The van der Waals surface area contributed by atoms with Crippen LogP contribution in [0.2, 0.25) is 0 Å². The molecule has 0 atom stereocenters. The number of benzene rings is 1. The Morgan fingerprint density at radius 3 is 2.68 bits per heavy atom. The lowest BCUT2D eigenvalue weighted by Crippen LogP contribution is -2.28. The van der Waals surface area contributed by atoms with Crippen LogP contribution in [0.25, 0.3) is 21.3 Å². The van der Waals surface area contributed by atoms with Crippen molar-refractivity contribution >= 4 is 49.8 Å². The van der Waals surface area contributed by atoms with Gasteiger partial charge in [0.2, 0.25) is 10.0 Å². The molecule has 1 amide bonds. The van der Waals surface area contributed by atoms with Crippen molar-refractivity contribution in [3.63, 3.8) is 0 Å². The number of hydrogen-bond donors (Lipinski definition) is 4. The summed E-state index contributed by atoms with van der Waals surface area (Å²) in [6.07, 6.45) is 3.35. The average molecular weight is 555 g/mol. The van der Waals surface area contributed by atoms with Gasteiger partial charge in [-0.05, 0) is 63.0 Å². The maximum Gasteiger partial charge on any atom is 0.254 e. The van der Waals surface area contributed by atoms with E-state index >= 15 is 0 Å². The molecule has 13 heteroatoms. The van der Waals surface area contributed by atoms with Crippen LogP contribution in [0.5, 0.6) is 0 Å². The monoisotopic (exact) mass is 554 g/mol. The molecule has 0 saturated heterocycles. The Morgan fingerprint density at radius 2 is 1.92 bits per heavy atom. The number of nitrogens with two attached hydrogens (primary N) is 1. The molecule has 4 aromatic rings. The minimum Gasteiger partial charge on any atom is -0.383 e. The molecule has 0 radical (unpaired) electrons. The van der Waals surface area contributed by atoms with E-state index in [4.69, 9.17) is 5.73 Å². The van der Waals surface area contributed by atoms with Crippen LogP contribution < -0.4 is 21.1 Å². The molecule has 5 N–H and O–H groups in total. The Kier molecular flexibility index (Phi) is 8.52. The van der Waals surface area contributed by atoms with E-state index in [-0.39, 0.29) is 17.0 Å². The predicted octanol–water partition coefficient (Wildman–Crippen LogP) is 2.54. The first-order chi connectivity index (χ1) is 18.2. The van der Waals surface area contributed by atoms with Crippen LogP contribution in [0, 0.1) is 0 Å². The summed E-state index contributed by atoms with van der Waals surface area (Å²) in [5.74, 6) is 0.284. The molecule has 0 aliphatic rings. The predicted molar refractivity (Wildman–Crippen MR) is 151 cm³/mol. The molecule has 3 heterocycles. The topological polar surface area (TPSA) is 155 Å². The number of fused-ring (bicyclic) bond motifs is 1. The number of nitrogens with one attached hydrogen (secondary N) is 3. The molecule has 0 aliphatic heterocycles. The largest absolute Gasteiger partial charge is 0.383 e. The van der Waals surface area contributed by atoms with Gasteiger partial charge in [0.25, 0.3) is 5.91 Å². The summed E-state index contributed by atoms with van der Waals surface area (Å²) >= 11 is 1.58. The third-order valence-corrected chi connectivity index (χ3v) is 8.32. The first-order valence-electron chi connectivity index (χ1n) is 11.9. The minimum absolute atomic E-state index is 0.0653. The number of pyridine rings is 1. The quantitative estimate of drug-likeness (QED) is 0.205. The lowest BCUT2D eigenvalue weighted by atomic mass is 10.1. The van der Waals surface area contributed by atoms with Gasteiger partial charge >= 0.3 is 0 Å². The molecule has 200 valence electrons. The van der Waals surface area contributed by atoms with E-state index in [2.05, 4.69) is 30.3 Å². The molecule has 1 aromatic carbocycles. The molecule has 3 aromatic heterocycles. The number of aromatic nitrogens is 3. The fraction of sp³-hybridized carbons (Fsp3) is 0.280. The summed E-state index contributed by atoms with van der Waals surface area (Å²) in [5.41, 5.74) is 7.92. The highest BCUT2D eigenvalue weighted by Gasteiger charge is 2.20. The Hall–Kier alpha value is -3.65. The minimum atomic E-state index is -3.81. The van der Waals surface area contributed by atoms with Crippen molar-refractivity contribution in [2.24, 2.45) is 0 Å². The Bertz CT molecular complexity index is 1550. The molecule has 38 heavy (non-hydrogen) atoms. The SMILES string of the molecule is CNC(=O)c1cc(S(=O)(=O)NCCCN(C)C)cnc1NCc1ccc(-c2ccc3ncnc(N)c3c2)s1. The average Bonchev–Trinajstić information content (AvgIpc) is 3.38.